The summed E-state index contributed by atoms with van der Waals surface area (Å²) in [6.07, 6.45) is 2.43. The number of rotatable bonds is 2. The summed E-state index contributed by atoms with van der Waals surface area (Å²) in [6.45, 7) is 3.25. The first-order chi connectivity index (χ1) is 8.84. The van der Waals surface area contributed by atoms with E-state index in [9.17, 15) is 0 Å². The van der Waals surface area contributed by atoms with Crippen LogP contribution in [0, 0.1) is 5.92 Å². The van der Waals surface area contributed by atoms with Crippen LogP contribution in [0.3, 0.4) is 0 Å². The zero-order valence-electron chi connectivity index (χ0n) is 10.5. The monoisotopic (exact) mass is 243 g/mol. The number of nitrogens with zero attached hydrogens (tertiary/aromatic N) is 2. The predicted molar refractivity (Wildman–Crippen MR) is 68.9 cm³/mol. The Morgan fingerprint density at radius 3 is 2.89 bits per heavy atom. The summed E-state index contributed by atoms with van der Waals surface area (Å²) in [6, 6.07) is 10.1. The van der Waals surface area contributed by atoms with E-state index in [4.69, 9.17) is 4.52 Å². The number of aromatic nitrogens is 2. The fourth-order valence-electron chi connectivity index (χ4n) is 2.45. The first kappa shape index (κ1) is 11.4. The first-order valence-electron chi connectivity index (χ1n) is 6.47. The minimum Gasteiger partial charge on any atom is -0.337 e. The Labute approximate surface area is 106 Å². The fraction of sp³-hybridized carbons (Fsp3) is 0.429. The van der Waals surface area contributed by atoms with Gasteiger partial charge in [0, 0.05) is 5.56 Å². The lowest BCUT2D eigenvalue weighted by Gasteiger charge is -2.26. The quantitative estimate of drug-likeness (QED) is 0.881. The van der Waals surface area contributed by atoms with E-state index in [-0.39, 0.29) is 6.04 Å². The van der Waals surface area contributed by atoms with Crippen molar-refractivity contribution in [1.82, 2.24) is 15.5 Å². The van der Waals surface area contributed by atoms with Crippen molar-refractivity contribution in [3.63, 3.8) is 0 Å². The molecule has 0 radical (unpaired) electrons. The summed E-state index contributed by atoms with van der Waals surface area (Å²) in [7, 11) is 0. The molecule has 1 aromatic heterocycles. The highest BCUT2D eigenvalue weighted by atomic mass is 16.5. The number of nitrogens with one attached hydrogen (secondary N) is 1. The molecule has 0 bridgehead atoms. The lowest BCUT2D eigenvalue weighted by molar-refractivity contribution is 0.239. The Balaban J connectivity index is 1.85. The summed E-state index contributed by atoms with van der Waals surface area (Å²) in [5.41, 5.74) is 0.996. The predicted octanol–water partition coefficient (Wildman–Crippen LogP) is 2.80. The van der Waals surface area contributed by atoms with Crippen LogP contribution in [-0.2, 0) is 0 Å². The van der Waals surface area contributed by atoms with Gasteiger partial charge in [0.15, 0.2) is 0 Å². The SMILES string of the molecule is CC1CCCNC1c1nc(-c2ccccc2)no1. The molecule has 2 unspecified atom stereocenters. The number of benzene rings is 1. The van der Waals surface area contributed by atoms with Gasteiger partial charge in [0.25, 0.3) is 0 Å². The van der Waals surface area contributed by atoms with Crippen molar-refractivity contribution in [2.75, 3.05) is 6.54 Å². The molecule has 4 heteroatoms. The van der Waals surface area contributed by atoms with E-state index in [2.05, 4.69) is 22.4 Å². The van der Waals surface area contributed by atoms with Crippen molar-refractivity contribution in [2.45, 2.75) is 25.8 Å². The van der Waals surface area contributed by atoms with Gasteiger partial charge >= 0.3 is 0 Å². The molecule has 1 saturated heterocycles. The van der Waals surface area contributed by atoms with Gasteiger partial charge in [-0.3, -0.25) is 0 Å². The summed E-state index contributed by atoms with van der Waals surface area (Å²) < 4.78 is 5.41. The van der Waals surface area contributed by atoms with E-state index in [1.807, 2.05) is 30.3 Å². The van der Waals surface area contributed by atoms with Gasteiger partial charge < -0.3 is 9.84 Å². The molecular weight excluding hydrogens is 226 g/mol. The summed E-state index contributed by atoms with van der Waals surface area (Å²) in [4.78, 5) is 4.51. The van der Waals surface area contributed by atoms with E-state index in [1.54, 1.807) is 0 Å². The third kappa shape index (κ3) is 2.16. The number of hydrogen-bond donors (Lipinski definition) is 1. The lowest BCUT2D eigenvalue weighted by Crippen LogP contribution is -2.33. The van der Waals surface area contributed by atoms with Gasteiger partial charge in [0.1, 0.15) is 0 Å². The second kappa shape index (κ2) is 4.90. The Morgan fingerprint density at radius 2 is 2.11 bits per heavy atom. The Morgan fingerprint density at radius 1 is 1.28 bits per heavy atom. The first-order valence-corrected chi connectivity index (χ1v) is 6.47. The second-order valence-corrected chi connectivity index (χ2v) is 4.87. The normalized spacial score (nSPS) is 24.1. The molecule has 3 rings (SSSR count). The zero-order valence-corrected chi connectivity index (χ0v) is 10.5. The summed E-state index contributed by atoms with van der Waals surface area (Å²) in [5, 5.41) is 7.52. The molecule has 0 aliphatic carbocycles. The molecule has 2 heterocycles. The van der Waals surface area contributed by atoms with Crippen LogP contribution in [-0.4, -0.2) is 16.7 Å². The standard InChI is InChI=1S/C14H17N3O/c1-10-6-5-9-15-12(10)14-16-13(17-18-14)11-7-3-2-4-8-11/h2-4,7-8,10,12,15H,5-6,9H2,1H3. The van der Waals surface area contributed by atoms with Crippen molar-refractivity contribution in [3.8, 4) is 11.4 Å². The largest absolute Gasteiger partial charge is 0.337 e. The number of piperidine rings is 1. The maximum absolute atomic E-state index is 5.41. The third-order valence-electron chi connectivity index (χ3n) is 3.51. The molecule has 18 heavy (non-hydrogen) atoms. The van der Waals surface area contributed by atoms with Crippen molar-refractivity contribution < 1.29 is 4.52 Å². The highest BCUT2D eigenvalue weighted by Crippen LogP contribution is 2.28. The molecule has 2 atom stereocenters. The Hall–Kier alpha value is -1.68. The van der Waals surface area contributed by atoms with E-state index < -0.39 is 0 Å². The second-order valence-electron chi connectivity index (χ2n) is 4.87. The molecule has 2 aromatic rings. The van der Waals surface area contributed by atoms with Crippen molar-refractivity contribution in [3.05, 3.63) is 36.2 Å². The average Bonchev–Trinajstić information content (AvgIpc) is 2.90. The van der Waals surface area contributed by atoms with Crippen LogP contribution in [0.25, 0.3) is 11.4 Å². The molecule has 1 aromatic carbocycles. The van der Waals surface area contributed by atoms with E-state index >= 15 is 0 Å². The Bertz CT molecular complexity index is 509. The topological polar surface area (TPSA) is 51.0 Å². The maximum atomic E-state index is 5.41. The minimum absolute atomic E-state index is 0.198. The van der Waals surface area contributed by atoms with Crippen molar-refractivity contribution in [2.24, 2.45) is 5.92 Å². The highest BCUT2D eigenvalue weighted by molar-refractivity contribution is 5.53. The van der Waals surface area contributed by atoms with E-state index in [0.717, 1.165) is 12.1 Å². The smallest absolute Gasteiger partial charge is 0.244 e. The lowest BCUT2D eigenvalue weighted by atomic mass is 9.93. The molecule has 1 fully saturated rings. The maximum Gasteiger partial charge on any atom is 0.244 e. The van der Waals surface area contributed by atoms with Crippen LogP contribution in [0.2, 0.25) is 0 Å². The molecule has 1 aliphatic rings. The van der Waals surface area contributed by atoms with Gasteiger partial charge in [-0.2, -0.15) is 4.98 Å². The van der Waals surface area contributed by atoms with Gasteiger partial charge in [-0.15, -0.1) is 0 Å². The van der Waals surface area contributed by atoms with Crippen LogP contribution < -0.4 is 5.32 Å². The molecule has 0 saturated carbocycles. The summed E-state index contributed by atoms with van der Waals surface area (Å²) in [5.74, 6) is 1.93. The average molecular weight is 243 g/mol. The van der Waals surface area contributed by atoms with Gasteiger partial charge in [0.05, 0.1) is 6.04 Å². The molecular formula is C14H17N3O. The van der Waals surface area contributed by atoms with Gasteiger partial charge in [-0.1, -0.05) is 42.4 Å². The fourth-order valence-corrected chi connectivity index (χ4v) is 2.45. The van der Waals surface area contributed by atoms with E-state index in [0.29, 0.717) is 17.6 Å². The minimum atomic E-state index is 0.198. The molecule has 4 nitrogen and oxygen atoms in total. The van der Waals surface area contributed by atoms with Crippen LogP contribution in [0.1, 0.15) is 31.7 Å². The highest BCUT2D eigenvalue weighted by Gasteiger charge is 2.27. The third-order valence-corrected chi connectivity index (χ3v) is 3.51. The molecule has 94 valence electrons. The number of hydrogen-bond acceptors (Lipinski definition) is 4. The van der Waals surface area contributed by atoms with E-state index in [1.165, 1.54) is 12.8 Å². The summed E-state index contributed by atoms with van der Waals surface area (Å²) >= 11 is 0. The van der Waals surface area contributed by atoms with Crippen LogP contribution in [0.5, 0.6) is 0 Å². The van der Waals surface area contributed by atoms with Gasteiger partial charge in [0.2, 0.25) is 11.7 Å². The van der Waals surface area contributed by atoms with Crippen LogP contribution in [0.4, 0.5) is 0 Å². The Kier molecular flexibility index (Phi) is 3.11. The molecule has 1 N–H and O–H groups in total. The van der Waals surface area contributed by atoms with Gasteiger partial charge in [-0.05, 0) is 25.3 Å². The van der Waals surface area contributed by atoms with Crippen LogP contribution >= 0.6 is 0 Å². The van der Waals surface area contributed by atoms with Gasteiger partial charge in [-0.25, -0.2) is 0 Å². The zero-order chi connectivity index (χ0) is 12.4. The van der Waals surface area contributed by atoms with Crippen molar-refractivity contribution in [1.29, 1.82) is 0 Å². The van der Waals surface area contributed by atoms with Crippen LogP contribution in [0.15, 0.2) is 34.9 Å². The van der Waals surface area contributed by atoms with Crippen molar-refractivity contribution >= 4 is 0 Å². The molecule has 0 amide bonds. The molecule has 0 spiro atoms. The molecule has 1 aliphatic heterocycles.